The number of benzene rings is 1. The number of amides is 1. The average molecular weight is 258 g/mol. The van der Waals surface area contributed by atoms with Crippen LogP contribution in [-0.4, -0.2) is 11.6 Å². The zero-order valence-electron chi connectivity index (χ0n) is 11.9. The Kier molecular flexibility index (Phi) is 4.35. The van der Waals surface area contributed by atoms with Gasteiger partial charge in [-0.05, 0) is 37.2 Å². The Morgan fingerprint density at radius 2 is 2.05 bits per heavy atom. The lowest BCUT2D eigenvalue weighted by molar-refractivity contribution is -0.122. The molecule has 3 nitrogen and oxygen atoms in total. The Morgan fingerprint density at radius 3 is 2.68 bits per heavy atom. The molecule has 1 fully saturated rings. The summed E-state index contributed by atoms with van der Waals surface area (Å²) in [6.07, 6.45) is 1.86. The molecule has 1 aliphatic carbocycles. The highest BCUT2D eigenvalue weighted by atomic mass is 16.2. The highest BCUT2D eigenvalue weighted by Gasteiger charge is 2.43. The molecule has 2 atom stereocenters. The topological polar surface area (TPSA) is 41.5 Å². The monoisotopic (exact) mass is 258 g/mol. The fourth-order valence-electron chi connectivity index (χ4n) is 2.42. The average Bonchev–Trinajstić information content (AvgIpc) is 3.16. The quantitative estimate of drug-likeness (QED) is 0.639. The Balaban J connectivity index is 1.83. The Hall–Kier alpha value is -1.64. The molecule has 1 saturated carbocycles. The summed E-state index contributed by atoms with van der Waals surface area (Å²) in [4.78, 5) is 12.0. The fraction of sp³-hybridized carbons (Fsp3) is 0.500. The van der Waals surface area contributed by atoms with Gasteiger partial charge in [0.25, 0.3) is 0 Å². The molecule has 1 amide bonds. The van der Waals surface area contributed by atoms with Crippen molar-refractivity contribution in [1.29, 1.82) is 0 Å². The van der Waals surface area contributed by atoms with Gasteiger partial charge in [0.15, 0.2) is 0 Å². The Morgan fingerprint density at radius 1 is 1.37 bits per heavy atom. The molecular weight excluding hydrogens is 236 g/mol. The van der Waals surface area contributed by atoms with E-state index in [1.54, 1.807) is 0 Å². The first kappa shape index (κ1) is 13.8. The maximum atomic E-state index is 12.0. The lowest BCUT2D eigenvalue weighted by Crippen LogP contribution is -2.21. The van der Waals surface area contributed by atoms with Gasteiger partial charge in [-0.3, -0.25) is 4.79 Å². The van der Waals surface area contributed by atoms with Gasteiger partial charge in [0, 0.05) is 11.6 Å². The van der Waals surface area contributed by atoms with Gasteiger partial charge in [-0.25, -0.2) is 5.43 Å². The second-order valence-corrected chi connectivity index (χ2v) is 5.78. The van der Waals surface area contributed by atoms with Crippen molar-refractivity contribution in [2.75, 3.05) is 0 Å². The molecule has 0 aliphatic heterocycles. The summed E-state index contributed by atoms with van der Waals surface area (Å²) in [6, 6.07) is 10.2. The second-order valence-electron chi connectivity index (χ2n) is 5.78. The van der Waals surface area contributed by atoms with Gasteiger partial charge in [0.2, 0.25) is 5.91 Å². The lowest BCUT2D eigenvalue weighted by Gasteiger charge is -2.05. The number of rotatable bonds is 5. The molecule has 3 heteroatoms. The van der Waals surface area contributed by atoms with Gasteiger partial charge in [0.1, 0.15) is 0 Å². The van der Waals surface area contributed by atoms with E-state index in [9.17, 15) is 4.79 Å². The molecule has 2 unspecified atom stereocenters. The molecule has 1 aliphatic rings. The summed E-state index contributed by atoms with van der Waals surface area (Å²) in [5.41, 5.74) is 4.94. The molecule has 1 aromatic carbocycles. The van der Waals surface area contributed by atoms with Gasteiger partial charge in [-0.2, -0.15) is 5.10 Å². The SMILES string of the molecule is C/C(CC(C)C)=N\NC(=O)C1CC1c1ccccc1. The van der Waals surface area contributed by atoms with Crippen LogP contribution >= 0.6 is 0 Å². The zero-order chi connectivity index (χ0) is 13.8. The molecule has 1 aromatic rings. The summed E-state index contributed by atoms with van der Waals surface area (Å²) >= 11 is 0. The predicted octanol–water partition coefficient (Wildman–Crippen LogP) is 3.33. The van der Waals surface area contributed by atoms with E-state index < -0.39 is 0 Å². The van der Waals surface area contributed by atoms with E-state index >= 15 is 0 Å². The first-order valence-electron chi connectivity index (χ1n) is 6.96. The van der Waals surface area contributed by atoms with Crippen LogP contribution in [0.2, 0.25) is 0 Å². The number of nitrogens with zero attached hydrogens (tertiary/aromatic N) is 1. The first-order chi connectivity index (χ1) is 9.08. The molecule has 0 radical (unpaired) electrons. The summed E-state index contributed by atoms with van der Waals surface area (Å²) < 4.78 is 0. The van der Waals surface area contributed by atoms with Gasteiger partial charge < -0.3 is 0 Å². The van der Waals surface area contributed by atoms with E-state index in [0.29, 0.717) is 11.8 Å². The smallest absolute Gasteiger partial charge is 0.243 e. The van der Waals surface area contributed by atoms with Crippen molar-refractivity contribution in [3.05, 3.63) is 35.9 Å². The van der Waals surface area contributed by atoms with Crippen LogP contribution in [-0.2, 0) is 4.79 Å². The van der Waals surface area contributed by atoms with Crippen LogP contribution in [0.15, 0.2) is 35.4 Å². The highest BCUT2D eigenvalue weighted by molar-refractivity contribution is 5.86. The van der Waals surface area contributed by atoms with E-state index in [4.69, 9.17) is 0 Å². The minimum absolute atomic E-state index is 0.0527. The number of hydrogen-bond acceptors (Lipinski definition) is 2. The van der Waals surface area contributed by atoms with Crippen molar-refractivity contribution in [3.8, 4) is 0 Å². The number of hydrogen-bond donors (Lipinski definition) is 1. The van der Waals surface area contributed by atoms with Crippen molar-refractivity contribution >= 4 is 11.6 Å². The maximum Gasteiger partial charge on any atom is 0.243 e. The van der Waals surface area contributed by atoms with Gasteiger partial charge in [-0.15, -0.1) is 0 Å². The van der Waals surface area contributed by atoms with Crippen molar-refractivity contribution < 1.29 is 4.79 Å². The molecule has 1 N–H and O–H groups in total. The molecule has 0 spiro atoms. The molecule has 0 saturated heterocycles. The number of carbonyl (C=O) groups excluding carboxylic acids is 1. The third-order valence-corrected chi connectivity index (χ3v) is 3.42. The van der Waals surface area contributed by atoms with Crippen LogP contribution in [0.3, 0.4) is 0 Å². The normalized spacial score (nSPS) is 22.4. The number of nitrogens with one attached hydrogen (secondary N) is 1. The van der Waals surface area contributed by atoms with Gasteiger partial charge in [0.05, 0.1) is 0 Å². The van der Waals surface area contributed by atoms with E-state index in [1.807, 2.05) is 25.1 Å². The maximum absolute atomic E-state index is 12.0. The zero-order valence-corrected chi connectivity index (χ0v) is 11.9. The third kappa shape index (κ3) is 3.91. The van der Waals surface area contributed by atoms with Crippen LogP contribution in [0.1, 0.15) is 45.1 Å². The molecule has 102 valence electrons. The van der Waals surface area contributed by atoms with Crippen molar-refractivity contribution in [3.63, 3.8) is 0 Å². The largest absolute Gasteiger partial charge is 0.273 e. The molecule has 2 rings (SSSR count). The molecule has 0 aromatic heterocycles. The van der Waals surface area contributed by atoms with Gasteiger partial charge >= 0.3 is 0 Å². The Labute approximate surface area is 115 Å². The molecular formula is C16H22N2O. The van der Waals surface area contributed by atoms with Gasteiger partial charge in [-0.1, -0.05) is 44.2 Å². The number of hydrazone groups is 1. The minimum Gasteiger partial charge on any atom is -0.273 e. The van der Waals surface area contributed by atoms with E-state index in [0.717, 1.165) is 18.6 Å². The fourth-order valence-corrected chi connectivity index (χ4v) is 2.42. The highest BCUT2D eigenvalue weighted by Crippen LogP contribution is 2.47. The van der Waals surface area contributed by atoms with Crippen molar-refractivity contribution in [2.24, 2.45) is 16.9 Å². The van der Waals surface area contributed by atoms with Crippen LogP contribution < -0.4 is 5.43 Å². The van der Waals surface area contributed by atoms with Crippen molar-refractivity contribution in [1.82, 2.24) is 5.43 Å². The molecule has 0 bridgehead atoms. The lowest BCUT2D eigenvalue weighted by atomic mass is 10.1. The van der Waals surface area contributed by atoms with Crippen LogP contribution in [0.5, 0.6) is 0 Å². The van der Waals surface area contributed by atoms with Crippen molar-refractivity contribution in [2.45, 2.75) is 39.5 Å². The van der Waals surface area contributed by atoms with Crippen LogP contribution in [0.4, 0.5) is 0 Å². The predicted molar refractivity (Wildman–Crippen MR) is 78.0 cm³/mol. The number of carbonyl (C=O) groups is 1. The Bertz CT molecular complexity index is 465. The molecule has 19 heavy (non-hydrogen) atoms. The summed E-state index contributed by atoms with van der Waals surface area (Å²) in [5.74, 6) is 1.09. The third-order valence-electron chi connectivity index (χ3n) is 3.42. The van der Waals surface area contributed by atoms with E-state index in [1.165, 1.54) is 5.56 Å². The summed E-state index contributed by atoms with van der Waals surface area (Å²) in [7, 11) is 0. The minimum atomic E-state index is 0.0527. The second kappa shape index (κ2) is 6.00. The van der Waals surface area contributed by atoms with Crippen LogP contribution in [0.25, 0.3) is 0 Å². The van der Waals surface area contributed by atoms with E-state index in [-0.39, 0.29) is 11.8 Å². The summed E-state index contributed by atoms with van der Waals surface area (Å²) in [6.45, 7) is 6.25. The molecule has 0 heterocycles. The van der Waals surface area contributed by atoms with Crippen LogP contribution in [0, 0.1) is 11.8 Å². The summed E-state index contributed by atoms with van der Waals surface area (Å²) in [5, 5.41) is 4.17. The van der Waals surface area contributed by atoms with E-state index in [2.05, 4.69) is 36.5 Å². The first-order valence-corrected chi connectivity index (χ1v) is 6.96. The standard InChI is InChI=1S/C16H22N2O/c1-11(2)9-12(3)17-18-16(19)15-10-14(15)13-7-5-4-6-8-13/h4-8,11,14-15H,9-10H2,1-3H3,(H,18,19)/b17-12+.